The summed E-state index contributed by atoms with van der Waals surface area (Å²) in [5, 5.41) is 18.7. The van der Waals surface area contributed by atoms with Crippen LogP contribution in [0.15, 0.2) is 57.0 Å². The predicted molar refractivity (Wildman–Crippen MR) is 67.3 cm³/mol. The minimum atomic E-state index is 0.0132. The summed E-state index contributed by atoms with van der Waals surface area (Å²) in [6.07, 6.45) is 13.2. The van der Waals surface area contributed by atoms with Crippen molar-refractivity contribution < 1.29 is 14.9 Å². The molecule has 0 saturated heterocycles. The Labute approximate surface area is 107 Å². The Kier molecular flexibility index (Phi) is 3.06. The van der Waals surface area contributed by atoms with Gasteiger partial charge in [0, 0.05) is 0 Å². The number of rotatable bonds is 2. The highest BCUT2D eigenvalue weighted by atomic mass is 127. The Morgan fingerprint density at radius 1 is 1.12 bits per heavy atom. The van der Waals surface area contributed by atoms with E-state index >= 15 is 0 Å². The number of hydrogen-bond donors (Lipinski definition) is 2. The summed E-state index contributed by atoms with van der Waals surface area (Å²) in [5.74, 6) is 1.06. The summed E-state index contributed by atoms with van der Waals surface area (Å²) < 4.78 is 6.08. The molecule has 0 unspecified atom stereocenters. The van der Waals surface area contributed by atoms with Gasteiger partial charge in [0.2, 0.25) is 9.34 Å². The topological polar surface area (TPSA) is 49.7 Å². The van der Waals surface area contributed by atoms with E-state index in [9.17, 15) is 10.2 Å². The van der Waals surface area contributed by atoms with Gasteiger partial charge in [0.15, 0.2) is 0 Å². The van der Waals surface area contributed by atoms with Gasteiger partial charge in [-0.1, -0.05) is 0 Å². The van der Waals surface area contributed by atoms with Crippen LogP contribution in [0.2, 0.25) is 0 Å². The second-order valence-corrected chi connectivity index (χ2v) is 4.09. The van der Waals surface area contributed by atoms with E-state index in [2.05, 4.69) is 12.2 Å². The summed E-state index contributed by atoms with van der Waals surface area (Å²) in [7, 11) is 0. The molecule has 0 aromatic heterocycles. The van der Waals surface area contributed by atoms with Crippen LogP contribution in [-0.2, 0) is 4.74 Å². The standard InChI is InChI=1S/C12H5IO3/c13-12-10(15)5-2-6-11(12)16-9-4-1-3-8(14)7-9/h1-2,4,6-7H/p+2. The molecule has 2 aliphatic rings. The Balaban J connectivity index is 2.21. The molecule has 0 heterocycles. The number of halogens is 1. The average molecular weight is 326 g/mol. The average Bonchev–Trinajstić information content (AvgIpc) is 2.25. The molecule has 0 amide bonds. The van der Waals surface area contributed by atoms with Crippen LogP contribution in [0.4, 0.5) is 0 Å². The molecule has 0 radical (unpaired) electrons. The smallest absolute Gasteiger partial charge is 0.304 e. The molecule has 0 fully saturated rings. The van der Waals surface area contributed by atoms with Crippen LogP contribution in [0.5, 0.6) is 0 Å². The van der Waals surface area contributed by atoms with E-state index in [4.69, 9.17) is 4.74 Å². The van der Waals surface area contributed by atoms with E-state index in [0.29, 0.717) is 15.1 Å². The van der Waals surface area contributed by atoms with Crippen molar-refractivity contribution in [1.29, 1.82) is 0 Å². The molecule has 2 rings (SSSR count). The van der Waals surface area contributed by atoms with Crippen LogP contribution in [0.3, 0.4) is 0 Å². The predicted octanol–water partition coefficient (Wildman–Crippen LogP) is 3.16. The molecule has 4 heteroatoms. The van der Waals surface area contributed by atoms with Crippen molar-refractivity contribution in [2.75, 3.05) is 0 Å². The first kappa shape index (κ1) is 10.9. The van der Waals surface area contributed by atoms with Gasteiger partial charge < -0.3 is 14.9 Å². The van der Waals surface area contributed by atoms with Crippen molar-refractivity contribution >= 4 is 22.6 Å². The third-order valence-electron chi connectivity index (χ3n) is 1.86. The quantitative estimate of drug-likeness (QED) is 0.605. The van der Waals surface area contributed by atoms with Crippen LogP contribution in [0.25, 0.3) is 0 Å². The highest BCUT2D eigenvalue weighted by molar-refractivity contribution is 14.1. The Morgan fingerprint density at radius 2 is 1.88 bits per heavy atom. The van der Waals surface area contributed by atoms with Crippen LogP contribution < -0.4 is 0 Å². The fraction of sp³-hybridized carbons (Fsp3) is 0. The fourth-order valence-corrected chi connectivity index (χ4v) is 1.60. The lowest BCUT2D eigenvalue weighted by Crippen LogP contribution is -1.98. The Morgan fingerprint density at radius 3 is 2.62 bits per heavy atom. The van der Waals surface area contributed by atoms with E-state index < -0.39 is 0 Å². The van der Waals surface area contributed by atoms with Crippen LogP contribution >= 0.6 is 22.6 Å². The van der Waals surface area contributed by atoms with Gasteiger partial charge in [-0.3, -0.25) is 0 Å². The molecule has 3 nitrogen and oxygen atoms in total. The lowest BCUT2D eigenvalue weighted by atomic mass is 10.2. The van der Waals surface area contributed by atoms with Gasteiger partial charge in [0.1, 0.15) is 18.2 Å². The third kappa shape index (κ3) is 2.31. The van der Waals surface area contributed by atoms with Crippen LogP contribution in [0, 0.1) is 12.2 Å². The highest BCUT2D eigenvalue weighted by Gasteiger charge is 2.24. The van der Waals surface area contributed by atoms with Crippen molar-refractivity contribution in [2.24, 2.45) is 0 Å². The maximum Gasteiger partial charge on any atom is 0.304 e. The zero-order valence-electron chi connectivity index (χ0n) is 8.07. The van der Waals surface area contributed by atoms with Crippen molar-refractivity contribution in [3.05, 3.63) is 69.1 Å². The monoisotopic (exact) mass is 326 g/mol. The second-order valence-electron chi connectivity index (χ2n) is 3.02. The third-order valence-corrected chi connectivity index (χ3v) is 2.91. The summed E-state index contributed by atoms with van der Waals surface area (Å²) in [5.41, 5.74) is 0. The van der Waals surface area contributed by atoms with E-state index in [-0.39, 0.29) is 11.5 Å². The zero-order valence-corrected chi connectivity index (χ0v) is 10.2. The highest BCUT2D eigenvalue weighted by Crippen LogP contribution is 2.27. The minimum absolute atomic E-state index is 0.0132. The molecule has 2 N–H and O–H groups in total. The maximum absolute atomic E-state index is 9.43. The molecule has 0 aromatic carbocycles. The van der Waals surface area contributed by atoms with Gasteiger partial charge in [0.05, 0.1) is 46.9 Å². The molecule has 78 valence electrons. The molecule has 0 saturated carbocycles. The summed E-state index contributed by atoms with van der Waals surface area (Å²) >= 11 is 1.96. The number of ether oxygens (including phenoxy) is 1. The first-order valence-electron chi connectivity index (χ1n) is 4.44. The van der Waals surface area contributed by atoms with Gasteiger partial charge in [-0.2, -0.15) is 0 Å². The zero-order chi connectivity index (χ0) is 11.5. The van der Waals surface area contributed by atoms with Crippen molar-refractivity contribution in [3.63, 3.8) is 0 Å². The first-order chi connectivity index (χ1) is 7.66. The fourth-order valence-electron chi connectivity index (χ4n) is 1.15. The number of aliphatic hydroxyl groups excluding tert-OH is 2. The van der Waals surface area contributed by atoms with Crippen molar-refractivity contribution in [1.82, 2.24) is 0 Å². The number of allylic oxidation sites excluding steroid dienone is 8. The largest absolute Gasteiger partial charge is 0.481 e. The van der Waals surface area contributed by atoms with Gasteiger partial charge in [0.25, 0.3) is 11.5 Å². The molecule has 0 spiro atoms. The molecule has 0 bridgehead atoms. The van der Waals surface area contributed by atoms with E-state index in [1.165, 1.54) is 6.08 Å². The Hall–Kier alpha value is -1.61. The molecular formula is C12H7IO3+2. The van der Waals surface area contributed by atoms with E-state index in [0.717, 1.165) is 0 Å². The molecule has 0 aliphatic heterocycles. The molecule has 0 aromatic rings. The lowest BCUT2D eigenvalue weighted by Gasteiger charge is -2.03. The van der Waals surface area contributed by atoms with Crippen LogP contribution in [0.1, 0.15) is 0 Å². The van der Waals surface area contributed by atoms with Gasteiger partial charge >= 0.3 is 5.76 Å². The second kappa shape index (κ2) is 4.49. The van der Waals surface area contributed by atoms with Crippen molar-refractivity contribution in [2.45, 2.75) is 0 Å². The molecule has 16 heavy (non-hydrogen) atoms. The molecular weight excluding hydrogens is 319 g/mol. The Bertz CT molecular complexity index is 490. The van der Waals surface area contributed by atoms with Gasteiger partial charge in [-0.05, 0) is 0 Å². The molecule has 2 aliphatic carbocycles. The summed E-state index contributed by atoms with van der Waals surface area (Å²) in [6.45, 7) is 0. The molecule has 0 atom stereocenters. The first-order valence-corrected chi connectivity index (χ1v) is 5.52. The van der Waals surface area contributed by atoms with Gasteiger partial charge in [-0.25, -0.2) is 0 Å². The maximum atomic E-state index is 9.43. The number of hydrogen-bond acceptors (Lipinski definition) is 3. The van der Waals surface area contributed by atoms with Crippen LogP contribution in [-0.4, -0.2) is 10.2 Å². The summed E-state index contributed by atoms with van der Waals surface area (Å²) in [4.78, 5) is 0. The summed E-state index contributed by atoms with van der Waals surface area (Å²) in [6, 6.07) is 0. The normalized spacial score (nSPS) is 18.2. The number of aliphatic hydroxyl groups is 2. The van der Waals surface area contributed by atoms with E-state index in [1.54, 1.807) is 24.3 Å². The minimum Gasteiger partial charge on any atom is -0.481 e. The van der Waals surface area contributed by atoms with Crippen molar-refractivity contribution in [3.8, 4) is 0 Å². The van der Waals surface area contributed by atoms with E-state index in [1.807, 2.05) is 22.6 Å². The SMILES string of the molecule is OC1=[C+]C=CC(OC2=C(I)C(O)=[C+]C=C2)=C1. The lowest BCUT2D eigenvalue weighted by molar-refractivity contribution is 0.322. The van der Waals surface area contributed by atoms with Gasteiger partial charge in [-0.15, -0.1) is 0 Å².